The monoisotopic (exact) mass is 284 g/mol. The van der Waals surface area contributed by atoms with Crippen LogP contribution in [0, 0.1) is 0 Å². The van der Waals surface area contributed by atoms with Crippen molar-refractivity contribution in [2.45, 2.75) is 45.0 Å². The molecule has 0 amide bonds. The van der Waals surface area contributed by atoms with Crippen molar-refractivity contribution < 1.29 is 26.3 Å². The average Bonchev–Trinajstić information content (AvgIpc) is 2.26. The van der Waals surface area contributed by atoms with Gasteiger partial charge in [0.2, 0.25) is 0 Å². The number of benzene rings is 1. The third-order valence-corrected chi connectivity index (χ3v) is 2.79. The first-order valence-electron chi connectivity index (χ1n) is 5.93. The highest BCUT2D eigenvalue weighted by Crippen LogP contribution is 2.37. The van der Waals surface area contributed by atoms with Crippen LogP contribution in [0.4, 0.5) is 26.3 Å². The zero-order chi connectivity index (χ0) is 14.7. The van der Waals surface area contributed by atoms with Crippen LogP contribution >= 0.6 is 0 Å². The number of alkyl halides is 6. The van der Waals surface area contributed by atoms with E-state index in [1.165, 1.54) is 0 Å². The first-order chi connectivity index (χ1) is 8.66. The van der Waals surface area contributed by atoms with Crippen molar-refractivity contribution in [1.82, 2.24) is 0 Å². The zero-order valence-corrected chi connectivity index (χ0v) is 10.3. The van der Waals surface area contributed by atoms with Crippen molar-refractivity contribution >= 4 is 0 Å². The molecule has 0 heterocycles. The Balaban J connectivity index is 3.12. The molecule has 0 aliphatic heterocycles. The number of hydrogen-bond acceptors (Lipinski definition) is 0. The van der Waals surface area contributed by atoms with E-state index in [1.54, 1.807) is 0 Å². The molecule has 0 saturated heterocycles. The molecule has 0 nitrogen and oxygen atoms in total. The Morgan fingerprint density at radius 2 is 1.53 bits per heavy atom. The van der Waals surface area contributed by atoms with Crippen molar-refractivity contribution in [3.05, 3.63) is 34.9 Å². The maximum absolute atomic E-state index is 12.7. The van der Waals surface area contributed by atoms with E-state index in [1.807, 2.05) is 6.92 Å². The molecule has 0 radical (unpaired) electrons. The van der Waals surface area contributed by atoms with Gasteiger partial charge in [-0.15, -0.1) is 0 Å². The molecule has 108 valence electrons. The predicted molar refractivity (Wildman–Crippen MR) is 59.7 cm³/mol. The summed E-state index contributed by atoms with van der Waals surface area (Å²) >= 11 is 0. The molecule has 19 heavy (non-hydrogen) atoms. The minimum Gasteiger partial charge on any atom is -0.166 e. The van der Waals surface area contributed by atoms with Gasteiger partial charge < -0.3 is 0 Å². The Hall–Kier alpha value is -1.20. The molecule has 0 atom stereocenters. The second kappa shape index (κ2) is 5.84. The summed E-state index contributed by atoms with van der Waals surface area (Å²) in [4.78, 5) is 0. The Bertz CT molecular complexity index is 416. The lowest BCUT2D eigenvalue weighted by Gasteiger charge is -2.15. The second-order valence-electron chi connectivity index (χ2n) is 4.32. The van der Waals surface area contributed by atoms with Crippen LogP contribution in [0.15, 0.2) is 18.2 Å². The molecule has 6 heteroatoms. The van der Waals surface area contributed by atoms with Crippen molar-refractivity contribution in [1.29, 1.82) is 0 Å². The van der Waals surface area contributed by atoms with Crippen molar-refractivity contribution in [3.8, 4) is 0 Å². The van der Waals surface area contributed by atoms with Gasteiger partial charge in [0.05, 0.1) is 11.1 Å². The summed E-state index contributed by atoms with van der Waals surface area (Å²) in [5.41, 5.74) is -2.29. The number of aryl methyl sites for hydroxylation is 1. The van der Waals surface area contributed by atoms with Gasteiger partial charge in [0, 0.05) is 0 Å². The fourth-order valence-corrected chi connectivity index (χ4v) is 1.82. The van der Waals surface area contributed by atoms with Crippen molar-refractivity contribution in [2.24, 2.45) is 0 Å². The largest absolute Gasteiger partial charge is 0.416 e. The number of rotatable bonds is 4. The fourth-order valence-electron chi connectivity index (χ4n) is 1.82. The van der Waals surface area contributed by atoms with E-state index in [0.717, 1.165) is 6.42 Å². The molecule has 1 rings (SSSR count). The number of hydrogen-bond donors (Lipinski definition) is 0. The lowest BCUT2D eigenvalue weighted by atomic mass is 9.98. The Morgan fingerprint density at radius 1 is 0.895 bits per heavy atom. The molecule has 0 saturated carbocycles. The van der Waals surface area contributed by atoms with Crippen LogP contribution in [-0.2, 0) is 18.8 Å². The minimum atomic E-state index is -4.62. The summed E-state index contributed by atoms with van der Waals surface area (Å²) in [6, 6.07) is 1.61. The minimum absolute atomic E-state index is 0.00655. The Morgan fingerprint density at radius 3 is 2.00 bits per heavy atom. The van der Waals surface area contributed by atoms with Crippen LogP contribution in [0.5, 0.6) is 0 Å². The standard InChI is InChI=1S/C13H14F6/c1-2-3-4-5-9-8-10(12(14,15)16)6-7-11(9)13(17,18)19/h6-8H,2-5H2,1H3. The van der Waals surface area contributed by atoms with Crippen LogP contribution in [0.1, 0.15) is 42.9 Å². The van der Waals surface area contributed by atoms with E-state index in [0.29, 0.717) is 31.0 Å². The van der Waals surface area contributed by atoms with Crippen molar-refractivity contribution in [3.63, 3.8) is 0 Å². The van der Waals surface area contributed by atoms with Crippen LogP contribution in [0.3, 0.4) is 0 Å². The number of halogens is 6. The Labute approximate surface area is 107 Å². The lowest BCUT2D eigenvalue weighted by molar-refractivity contribution is -0.141. The molecule has 0 aliphatic carbocycles. The third kappa shape index (κ3) is 4.44. The maximum Gasteiger partial charge on any atom is 0.416 e. The molecule has 0 N–H and O–H groups in total. The van der Waals surface area contributed by atoms with E-state index in [9.17, 15) is 26.3 Å². The summed E-state index contributed by atoms with van der Waals surface area (Å²) in [5.74, 6) is 0. The van der Waals surface area contributed by atoms with Gasteiger partial charge in [0.25, 0.3) is 0 Å². The zero-order valence-electron chi connectivity index (χ0n) is 10.3. The highest BCUT2D eigenvalue weighted by molar-refractivity contribution is 5.35. The molecule has 0 fully saturated rings. The molecular formula is C13H14F6. The van der Waals surface area contributed by atoms with E-state index >= 15 is 0 Å². The first kappa shape index (κ1) is 15.9. The summed E-state index contributed by atoms with van der Waals surface area (Å²) in [6.45, 7) is 1.87. The molecule has 0 spiro atoms. The van der Waals surface area contributed by atoms with E-state index in [4.69, 9.17) is 0 Å². The highest BCUT2D eigenvalue weighted by Gasteiger charge is 2.36. The van der Waals surface area contributed by atoms with Gasteiger partial charge in [0.1, 0.15) is 0 Å². The normalized spacial score (nSPS) is 12.8. The first-order valence-corrected chi connectivity index (χ1v) is 5.93. The summed E-state index contributed by atoms with van der Waals surface area (Å²) < 4.78 is 75.6. The van der Waals surface area contributed by atoms with Gasteiger partial charge in [-0.2, -0.15) is 26.3 Å². The quantitative estimate of drug-likeness (QED) is 0.509. The summed E-state index contributed by atoms with van der Waals surface area (Å²) in [5, 5.41) is 0. The van der Waals surface area contributed by atoms with Gasteiger partial charge in [-0.25, -0.2) is 0 Å². The van der Waals surface area contributed by atoms with Crippen LogP contribution in [-0.4, -0.2) is 0 Å². The van der Waals surface area contributed by atoms with Gasteiger partial charge in [-0.05, 0) is 36.6 Å². The summed E-state index contributed by atoms with van der Waals surface area (Å²) in [6.07, 6.45) is -7.31. The van der Waals surface area contributed by atoms with Crippen LogP contribution in [0.25, 0.3) is 0 Å². The van der Waals surface area contributed by atoms with Gasteiger partial charge in [-0.3, -0.25) is 0 Å². The van der Waals surface area contributed by atoms with Crippen molar-refractivity contribution in [2.75, 3.05) is 0 Å². The molecule has 0 aromatic heterocycles. The summed E-state index contributed by atoms with van der Waals surface area (Å²) in [7, 11) is 0. The van der Waals surface area contributed by atoms with Crippen LogP contribution in [0.2, 0.25) is 0 Å². The maximum atomic E-state index is 12.7. The van der Waals surface area contributed by atoms with Gasteiger partial charge >= 0.3 is 12.4 Å². The smallest absolute Gasteiger partial charge is 0.166 e. The molecular weight excluding hydrogens is 270 g/mol. The van der Waals surface area contributed by atoms with E-state index < -0.39 is 23.5 Å². The average molecular weight is 284 g/mol. The number of unbranched alkanes of at least 4 members (excludes halogenated alkanes) is 2. The third-order valence-electron chi connectivity index (χ3n) is 2.79. The molecule has 0 unspecified atom stereocenters. The Kier molecular flexibility index (Phi) is 4.87. The van der Waals surface area contributed by atoms with Gasteiger partial charge in [-0.1, -0.05) is 19.8 Å². The molecule has 1 aromatic carbocycles. The second-order valence-corrected chi connectivity index (χ2v) is 4.32. The predicted octanol–water partition coefficient (Wildman–Crippen LogP) is 5.46. The lowest BCUT2D eigenvalue weighted by Crippen LogP contribution is -2.12. The van der Waals surface area contributed by atoms with E-state index in [2.05, 4.69) is 0 Å². The van der Waals surface area contributed by atoms with Gasteiger partial charge in [0.15, 0.2) is 0 Å². The molecule has 1 aromatic rings. The van der Waals surface area contributed by atoms with E-state index in [-0.39, 0.29) is 12.0 Å². The molecule has 0 bridgehead atoms. The van der Waals surface area contributed by atoms with Crippen LogP contribution < -0.4 is 0 Å². The SMILES string of the molecule is CCCCCc1cc(C(F)(F)F)ccc1C(F)(F)F. The highest BCUT2D eigenvalue weighted by atomic mass is 19.4. The fraction of sp³-hybridized carbons (Fsp3) is 0.538. The topological polar surface area (TPSA) is 0 Å². The molecule has 0 aliphatic rings.